The summed E-state index contributed by atoms with van der Waals surface area (Å²) in [5.74, 6) is 0.707. The summed E-state index contributed by atoms with van der Waals surface area (Å²) in [5.41, 5.74) is 7.87. The average Bonchev–Trinajstić information content (AvgIpc) is 3.05. The average molecular weight is 477 g/mol. The van der Waals surface area contributed by atoms with Crippen LogP contribution < -0.4 is 10.6 Å². The number of anilines is 1. The highest BCUT2D eigenvalue weighted by molar-refractivity contribution is 7.99. The largest absolute Gasteiger partial charge is 0.390 e. The van der Waals surface area contributed by atoms with Crippen LogP contribution in [0.3, 0.4) is 0 Å². The molecule has 10 heteroatoms. The van der Waals surface area contributed by atoms with Gasteiger partial charge < -0.3 is 20.5 Å². The van der Waals surface area contributed by atoms with E-state index in [4.69, 9.17) is 32.3 Å². The molecule has 0 aliphatic carbocycles. The maximum atomic E-state index is 9.99. The van der Waals surface area contributed by atoms with E-state index in [0.29, 0.717) is 28.0 Å². The Morgan fingerprint density at radius 3 is 2.72 bits per heavy atom. The van der Waals surface area contributed by atoms with Crippen LogP contribution >= 0.6 is 23.4 Å². The molecule has 2 aliphatic rings. The summed E-state index contributed by atoms with van der Waals surface area (Å²) in [7, 11) is 0. The second-order valence-corrected chi connectivity index (χ2v) is 9.53. The maximum absolute atomic E-state index is 9.99. The first kappa shape index (κ1) is 24.7. The van der Waals surface area contributed by atoms with Crippen LogP contribution in [0.4, 0.5) is 5.82 Å². The highest BCUT2D eigenvalue weighted by atomic mass is 35.5. The standard InChI is InChI=1S/C21H25ClN6O2S.CH4/c1-12-20(31-16-3-6-25-14(9-23)17(16)22)27-15(10-29)19(26-12)28-7-4-21(5-8-28)11-30-13(2)18(21)24;/h3,6,13,18,29H,4-5,7-8,10-11,24H2,1-2H3;1H4/t13-,18+;/m0./s1. The fraction of sp³-hybridized carbons (Fsp3) is 0.545. The maximum Gasteiger partial charge on any atom is 0.160 e. The van der Waals surface area contributed by atoms with E-state index in [2.05, 4.69) is 14.9 Å². The first-order valence-electron chi connectivity index (χ1n) is 10.2. The number of pyridine rings is 1. The van der Waals surface area contributed by atoms with E-state index in [1.165, 1.54) is 11.8 Å². The number of nitriles is 1. The molecule has 2 atom stereocenters. The Hall–Kier alpha value is -1.96. The molecule has 2 aromatic heterocycles. The van der Waals surface area contributed by atoms with Crippen molar-refractivity contribution in [2.75, 3.05) is 24.6 Å². The van der Waals surface area contributed by atoms with Crippen LogP contribution in [0.2, 0.25) is 5.02 Å². The summed E-state index contributed by atoms with van der Waals surface area (Å²) in [4.78, 5) is 16.3. The van der Waals surface area contributed by atoms with Crippen molar-refractivity contribution in [3.63, 3.8) is 0 Å². The van der Waals surface area contributed by atoms with Crippen LogP contribution in [0, 0.1) is 23.7 Å². The quantitative estimate of drug-likeness (QED) is 0.684. The molecule has 4 heterocycles. The lowest BCUT2D eigenvalue weighted by Gasteiger charge is -2.42. The van der Waals surface area contributed by atoms with Gasteiger partial charge in [-0.25, -0.2) is 15.0 Å². The smallest absolute Gasteiger partial charge is 0.160 e. The number of aliphatic hydroxyl groups is 1. The lowest BCUT2D eigenvalue weighted by atomic mass is 9.73. The van der Waals surface area contributed by atoms with Gasteiger partial charge in [0.2, 0.25) is 0 Å². The molecule has 8 nitrogen and oxygen atoms in total. The number of nitrogens with zero attached hydrogens (tertiary/aromatic N) is 5. The van der Waals surface area contributed by atoms with Gasteiger partial charge in [0.05, 0.1) is 30.0 Å². The minimum atomic E-state index is -0.217. The summed E-state index contributed by atoms with van der Waals surface area (Å²) in [6, 6.07) is 3.76. The van der Waals surface area contributed by atoms with Crippen molar-refractivity contribution in [2.24, 2.45) is 11.1 Å². The summed E-state index contributed by atoms with van der Waals surface area (Å²) in [6.07, 6.45) is 3.46. The molecule has 3 N–H and O–H groups in total. The summed E-state index contributed by atoms with van der Waals surface area (Å²) in [6.45, 7) is 5.99. The van der Waals surface area contributed by atoms with Gasteiger partial charge in [-0.2, -0.15) is 5.26 Å². The Morgan fingerprint density at radius 2 is 2.12 bits per heavy atom. The minimum absolute atomic E-state index is 0. The molecular weight excluding hydrogens is 448 g/mol. The van der Waals surface area contributed by atoms with Crippen molar-refractivity contribution in [1.82, 2.24) is 15.0 Å². The van der Waals surface area contributed by atoms with Crippen molar-refractivity contribution in [3.8, 4) is 6.07 Å². The predicted octanol–water partition coefficient (Wildman–Crippen LogP) is 3.32. The zero-order valence-corrected chi connectivity index (χ0v) is 19.1. The fourth-order valence-electron chi connectivity index (χ4n) is 4.30. The molecule has 2 aromatic rings. The Labute approximate surface area is 198 Å². The molecule has 0 saturated carbocycles. The fourth-order valence-corrected chi connectivity index (χ4v) is 5.45. The summed E-state index contributed by atoms with van der Waals surface area (Å²) in [5, 5.41) is 20.1. The Bertz CT molecular complexity index is 1020. The van der Waals surface area contributed by atoms with E-state index < -0.39 is 0 Å². The topological polar surface area (TPSA) is 121 Å². The molecule has 1 spiro atoms. The first-order chi connectivity index (χ1) is 14.9. The zero-order valence-electron chi connectivity index (χ0n) is 17.5. The third kappa shape index (κ3) is 4.43. The number of halogens is 1. The number of aryl methyl sites for hydroxylation is 1. The molecule has 0 radical (unpaired) electrons. The molecule has 2 saturated heterocycles. The van der Waals surface area contributed by atoms with Gasteiger partial charge in [-0.1, -0.05) is 30.8 Å². The Kier molecular flexibility index (Phi) is 7.63. The molecule has 2 aliphatic heterocycles. The molecule has 32 heavy (non-hydrogen) atoms. The normalized spacial score (nSPS) is 21.9. The number of aromatic nitrogens is 3. The first-order valence-corrected chi connectivity index (χ1v) is 11.4. The highest BCUT2D eigenvalue weighted by Crippen LogP contribution is 2.42. The number of piperidine rings is 1. The molecule has 4 rings (SSSR count). The van der Waals surface area contributed by atoms with Crippen molar-refractivity contribution >= 4 is 29.2 Å². The third-order valence-electron chi connectivity index (χ3n) is 6.30. The Balaban J connectivity index is 0.00000289. The van der Waals surface area contributed by atoms with Crippen molar-refractivity contribution in [1.29, 1.82) is 5.26 Å². The van der Waals surface area contributed by atoms with Crippen LogP contribution in [-0.4, -0.2) is 51.9 Å². The van der Waals surface area contributed by atoms with Crippen molar-refractivity contribution < 1.29 is 9.84 Å². The van der Waals surface area contributed by atoms with Crippen LogP contribution in [0.25, 0.3) is 0 Å². The van der Waals surface area contributed by atoms with Crippen LogP contribution in [-0.2, 0) is 11.3 Å². The number of hydrogen-bond acceptors (Lipinski definition) is 9. The van der Waals surface area contributed by atoms with Gasteiger partial charge in [-0.3, -0.25) is 0 Å². The summed E-state index contributed by atoms with van der Waals surface area (Å²) >= 11 is 7.60. The van der Waals surface area contributed by atoms with Gasteiger partial charge >= 0.3 is 0 Å². The lowest BCUT2D eigenvalue weighted by molar-refractivity contribution is 0.0973. The molecule has 172 valence electrons. The van der Waals surface area contributed by atoms with Gasteiger partial charge in [0.15, 0.2) is 11.5 Å². The summed E-state index contributed by atoms with van der Waals surface area (Å²) < 4.78 is 5.81. The Morgan fingerprint density at radius 1 is 1.41 bits per heavy atom. The van der Waals surface area contributed by atoms with Gasteiger partial charge in [0.1, 0.15) is 16.8 Å². The van der Waals surface area contributed by atoms with Crippen molar-refractivity contribution in [2.45, 2.75) is 62.8 Å². The van der Waals surface area contributed by atoms with Crippen molar-refractivity contribution in [3.05, 3.63) is 34.4 Å². The lowest BCUT2D eigenvalue weighted by Crippen LogP contribution is -2.51. The van der Waals surface area contributed by atoms with E-state index in [-0.39, 0.29) is 42.3 Å². The number of hydrogen-bond donors (Lipinski definition) is 2. The molecule has 0 unspecified atom stereocenters. The van der Waals surface area contributed by atoms with E-state index in [0.717, 1.165) is 31.6 Å². The minimum Gasteiger partial charge on any atom is -0.390 e. The molecule has 0 bridgehead atoms. The number of nitrogens with two attached hydrogens (primary N) is 1. The molecule has 0 amide bonds. The number of aliphatic hydroxyl groups excluding tert-OH is 1. The highest BCUT2D eigenvalue weighted by Gasteiger charge is 2.47. The van der Waals surface area contributed by atoms with Gasteiger partial charge in [-0.05, 0) is 32.8 Å². The zero-order chi connectivity index (χ0) is 22.2. The molecule has 0 aromatic carbocycles. The molecule has 2 fully saturated rings. The monoisotopic (exact) mass is 476 g/mol. The van der Waals surface area contributed by atoms with E-state index in [1.54, 1.807) is 12.3 Å². The second kappa shape index (κ2) is 9.89. The van der Waals surface area contributed by atoms with Gasteiger partial charge in [-0.15, -0.1) is 0 Å². The van der Waals surface area contributed by atoms with Crippen LogP contribution in [0.5, 0.6) is 0 Å². The number of rotatable bonds is 4. The SMILES string of the molecule is C.Cc1nc(N2CCC3(CC2)CO[C@@H](C)[C@H]3N)c(CO)nc1Sc1ccnc(C#N)c1Cl. The van der Waals surface area contributed by atoms with Gasteiger partial charge in [0, 0.05) is 35.6 Å². The van der Waals surface area contributed by atoms with Gasteiger partial charge in [0.25, 0.3) is 0 Å². The van der Waals surface area contributed by atoms with E-state index in [9.17, 15) is 5.11 Å². The third-order valence-corrected chi connectivity index (χ3v) is 7.93. The van der Waals surface area contributed by atoms with Crippen LogP contribution in [0.1, 0.15) is 44.3 Å². The van der Waals surface area contributed by atoms with E-state index >= 15 is 0 Å². The van der Waals surface area contributed by atoms with Crippen LogP contribution in [0.15, 0.2) is 22.2 Å². The molecular formula is C22H29ClN6O2S. The van der Waals surface area contributed by atoms with E-state index in [1.807, 2.05) is 19.9 Å². The second-order valence-electron chi connectivity index (χ2n) is 8.12. The number of ether oxygens (including phenoxy) is 1. The predicted molar refractivity (Wildman–Crippen MR) is 125 cm³/mol.